The minimum atomic E-state index is 0.124. The summed E-state index contributed by atoms with van der Waals surface area (Å²) in [5.74, 6) is 1.78. The van der Waals surface area contributed by atoms with Crippen LogP contribution in [0.5, 0.6) is 0 Å². The molecule has 7 heteroatoms. The number of hydrogen-bond donors (Lipinski definition) is 0. The molecule has 0 atom stereocenters. The zero-order chi connectivity index (χ0) is 22.8. The molecule has 0 aliphatic carbocycles. The number of ketones is 1. The number of nitrogens with zero attached hydrogens (tertiary/aromatic N) is 5. The van der Waals surface area contributed by atoms with Crippen LogP contribution in [0.1, 0.15) is 53.9 Å². The number of carbonyl (C=O) groups excluding carboxylic acids is 1. The molecule has 33 heavy (non-hydrogen) atoms. The molecular weight excluding hydrogens is 414 g/mol. The van der Waals surface area contributed by atoms with Gasteiger partial charge in [0.1, 0.15) is 0 Å². The van der Waals surface area contributed by atoms with Crippen LogP contribution >= 0.6 is 0 Å². The van der Waals surface area contributed by atoms with Gasteiger partial charge in [-0.25, -0.2) is 0 Å². The Hall–Kier alpha value is -3.32. The number of piperidine rings is 1. The Morgan fingerprint density at radius 3 is 2.76 bits per heavy atom. The van der Waals surface area contributed by atoms with Gasteiger partial charge in [0.15, 0.2) is 5.78 Å². The van der Waals surface area contributed by atoms with Gasteiger partial charge in [-0.05, 0) is 70.4 Å². The number of hydrogen-bond acceptors (Lipinski definition) is 6. The number of Topliss-reactive ketones (excluding diaryl/α,β-unsaturated/α-hetero) is 1. The van der Waals surface area contributed by atoms with Crippen molar-refractivity contribution in [3.05, 3.63) is 65.9 Å². The lowest BCUT2D eigenvalue weighted by atomic mass is 9.96. The summed E-state index contributed by atoms with van der Waals surface area (Å²) in [6.07, 6.45) is 8.62. The van der Waals surface area contributed by atoms with Crippen LogP contribution in [0.2, 0.25) is 0 Å². The smallest absolute Gasteiger partial charge is 0.230 e. The van der Waals surface area contributed by atoms with E-state index in [0.717, 1.165) is 67.8 Å². The molecular formula is C26H29N5O2. The molecule has 0 amide bonds. The first-order valence-corrected chi connectivity index (χ1v) is 11.7. The van der Waals surface area contributed by atoms with Gasteiger partial charge in [0.2, 0.25) is 11.7 Å². The molecule has 0 radical (unpaired) electrons. The van der Waals surface area contributed by atoms with E-state index in [-0.39, 0.29) is 5.78 Å². The minimum Gasteiger partial charge on any atom is -0.346 e. The molecule has 1 saturated heterocycles. The van der Waals surface area contributed by atoms with E-state index in [1.807, 2.05) is 24.4 Å². The van der Waals surface area contributed by atoms with Gasteiger partial charge in [-0.1, -0.05) is 23.4 Å². The average Bonchev–Trinajstić information content (AvgIpc) is 3.47. The van der Waals surface area contributed by atoms with Crippen molar-refractivity contribution < 1.29 is 9.32 Å². The molecule has 1 aliphatic heterocycles. The summed E-state index contributed by atoms with van der Waals surface area (Å²) in [5.41, 5.74) is 4.10. The predicted octanol–water partition coefficient (Wildman–Crippen LogP) is 4.87. The van der Waals surface area contributed by atoms with E-state index in [1.54, 1.807) is 19.3 Å². The number of likely N-dealkylation sites (tertiary alicyclic amines) is 1. The number of aryl methyl sites for hydroxylation is 2. The summed E-state index contributed by atoms with van der Waals surface area (Å²) >= 11 is 0. The van der Waals surface area contributed by atoms with Crippen LogP contribution < -0.4 is 0 Å². The van der Waals surface area contributed by atoms with Gasteiger partial charge in [-0.2, -0.15) is 4.98 Å². The summed E-state index contributed by atoms with van der Waals surface area (Å²) in [4.78, 5) is 23.4. The van der Waals surface area contributed by atoms with Gasteiger partial charge < -0.3 is 14.0 Å². The maximum absolute atomic E-state index is 12.1. The van der Waals surface area contributed by atoms with E-state index < -0.39 is 0 Å². The molecule has 0 bridgehead atoms. The van der Waals surface area contributed by atoms with Crippen molar-refractivity contribution in [3.8, 4) is 11.4 Å². The number of pyridine rings is 1. The zero-order valence-corrected chi connectivity index (χ0v) is 19.2. The van der Waals surface area contributed by atoms with E-state index in [2.05, 4.69) is 43.6 Å². The third-order valence-electron chi connectivity index (χ3n) is 6.65. The molecule has 0 spiro atoms. The number of carbonyl (C=O) groups is 1. The molecule has 7 nitrogen and oxygen atoms in total. The maximum atomic E-state index is 12.1. The Morgan fingerprint density at radius 1 is 1.15 bits per heavy atom. The van der Waals surface area contributed by atoms with E-state index in [4.69, 9.17) is 4.52 Å². The standard InChI is InChI=1S/C26H29N5O2/c1-18-6-3-8-22-23(19(2)32)17-31(24(18)22)13-5-12-30-14-9-20(10-15-30)26-28-25(29-33-26)21-7-4-11-27-16-21/h3-4,6-8,11,16-17,20H,5,9-10,12-15H2,1-2H3. The summed E-state index contributed by atoms with van der Waals surface area (Å²) < 4.78 is 7.82. The SMILES string of the molecule is CC(=O)c1cn(CCCN2CCC(c3nc(-c4cccnc4)no3)CC2)c2c(C)cccc12. The number of benzene rings is 1. The molecule has 0 N–H and O–H groups in total. The van der Waals surface area contributed by atoms with Crippen molar-refractivity contribution in [1.29, 1.82) is 0 Å². The number of fused-ring (bicyclic) bond motifs is 1. The van der Waals surface area contributed by atoms with Crippen LogP contribution in [-0.4, -0.2) is 50.0 Å². The molecule has 1 aliphatic rings. The van der Waals surface area contributed by atoms with Gasteiger partial charge in [0, 0.05) is 47.6 Å². The van der Waals surface area contributed by atoms with E-state index >= 15 is 0 Å². The van der Waals surface area contributed by atoms with Gasteiger partial charge in [0.05, 0.1) is 5.52 Å². The Bertz CT molecular complexity index is 1250. The number of para-hydroxylation sites is 1. The lowest BCUT2D eigenvalue weighted by Gasteiger charge is -2.30. The van der Waals surface area contributed by atoms with E-state index in [0.29, 0.717) is 11.7 Å². The number of aromatic nitrogens is 4. The second-order valence-electron chi connectivity index (χ2n) is 8.93. The van der Waals surface area contributed by atoms with Crippen molar-refractivity contribution in [2.75, 3.05) is 19.6 Å². The normalized spacial score (nSPS) is 15.3. The summed E-state index contributed by atoms with van der Waals surface area (Å²) in [5, 5.41) is 5.21. The van der Waals surface area contributed by atoms with Crippen LogP contribution in [0.25, 0.3) is 22.3 Å². The summed E-state index contributed by atoms with van der Waals surface area (Å²) in [6, 6.07) is 10.0. The molecule has 4 heterocycles. The summed E-state index contributed by atoms with van der Waals surface area (Å²) in [7, 11) is 0. The highest BCUT2D eigenvalue weighted by Crippen LogP contribution is 2.29. The lowest BCUT2D eigenvalue weighted by molar-refractivity contribution is 0.101. The third-order valence-corrected chi connectivity index (χ3v) is 6.65. The molecule has 0 unspecified atom stereocenters. The Morgan fingerprint density at radius 2 is 2.00 bits per heavy atom. The molecule has 3 aromatic heterocycles. The minimum absolute atomic E-state index is 0.124. The summed E-state index contributed by atoms with van der Waals surface area (Å²) in [6.45, 7) is 7.77. The van der Waals surface area contributed by atoms with Crippen molar-refractivity contribution in [3.63, 3.8) is 0 Å². The van der Waals surface area contributed by atoms with Crippen molar-refractivity contribution >= 4 is 16.7 Å². The second kappa shape index (κ2) is 9.27. The highest BCUT2D eigenvalue weighted by atomic mass is 16.5. The maximum Gasteiger partial charge on any atom is 0.230 e. The monoisotopic (exact) mass is 443 g/mol. The van der Waals surface area contributed by atoms with Gasteiger partial charge in [0.25, 0.3) is 0 Å². The molecule has 5 rings (SSSR count). The lowest BCUT2D eigenvalue weighted by Crippen LogP contribution is -2.34. The van der Waals surface area contributed by atoms with Crippen LogP contribution in [0, 0.1) is 6.92 Å². The molecule has 1 aromatic carbocycles. The molecule has 1 fully saturated rings. The predicted molar refractivity (Wildman–Crippen MR) is 127 cm³/mol. The third kappa shape index (κ3) is 4.46. The van der Waals surface area contributed by atoms with Gasteiger partial charge >= 0.3 is 0 Å². The second-order valence-corrected chi connectivity index (χ2v) is 8.93. The van der Waals surface area contributed by atoms with Gasteiger partial charge in [-0.15, -0.1) is 0 Å². The van der Waals surface area contributed by atoms with Crippen LogP contribution in [0.3, 0.4) is 0 Å². The van der Waals surface area contributed by atoms with Crippen LogP contribution in [0.15, 0.2) is 53.4 Å². The first-order chi connectivity index (χ1) is 16.1. The highest BCUT2D eigenvalue weighted by molar-refractivity contribution is 6.07. The van der Waals surface area contributed by atoms with E-state index in [9.17, 15) is 4.79 Å². The first-order valence-electron chi connectivity index (χ1n) is 11.7. The Balaban J connectivity index is 1.16. The van der Waals surface area contributed by atoms with Crippen LogP contribution in [-0.2, 0) is 6.54 Å². The quantitative estimate of drug-likeness (QED) is 0.379. The molecule has 4 aromatic rings. The Labute approximate surface area is 193 Å². The van der Waals surface area contributed by atoms with Gasteiger partial charge in [-0.3, -0.25) is 9.78 Å². The fourth-order valence-electron chi connectivity index (χ4n) is 4.89. The highest BCUT2D eigenvalue weighted by Gasteiger charge is 2.25. The van der Waals surface area contributed by atoms with E-state index in [1.165, 1.54) is 11.1 Å². The molecule has 0 saturated carbocycles. The largest absolute Gasteiger partial charge is 0.346 e. The van der Waals surface area contributed by atoms with Crippen molar-refractivity contribution in [2.24, 2.45) is 0 Å². The van der Waals surface area contributed by atoms with Crippen molar-refractivity contribution in [2.45, 2.75) is 45.6 Å². The average molecular weight is 444 g/mol. The topological polar surface area (TPSA) is 77.1 Å². The fourth-order valence-corrected chi connectivity index (χ4v) is 4.89. The zero-order valence-electron chi connectivity index (χ0n) is 19.2. The molecule has 170 valence electrons. The van der Waals surface area contributed by atoms with Crippen molar-refractivity contribution in [1.82, 2.24) is 24.6 Å². The fraction of sp³-hybridized carbons (Fsp3) is 0.385. The first kappa shape index (κ1) is 21.5. The number of rotatable bonds is 7. The Kier molecular flexibility index (Phi) is 6.05. The van der Waals surface area contributed by atoms with Crippen LogP contribution in [0.4, 0.5) is 0 Å².